The fraction of sp³-hybridized carbons (Fsp3) is 0.231. The van der Waals surface area contributed by atoms with Gasteiger partial charge in [-0.2, -0.15) is 0 Å². The maximum absolute atomic E-state index is 14.7. The second-order valence-electron chi connectivity index (χ2n) is 10.0. The van der Waals surface area contributed by atoms with E-state index >= 15 is 0 Å². The van der Waals surface area contributed by atoms with Crippen molar-refractivity contribution in [3.63, 3.8) is 0 Å². The molecule has 5 aromatic rings. The Kier molecular flexibility index (Phi) is 4.34. The molecule has 0 saturated carbocycles. The smallest absolute Gasteiger partial charge is 0.304 e. The number of H-pyrrole nitrogens is 1. The standard InChI is InChI=1S/C26H13F6N3O5/c27-8-1-6-12(3-10(8)29)33-19-15(6)17-18(24(38)34-23(17)37)16-7-2-9(28)11(30)4-13(7)35(20(16)19)25-21(36)22-26(31,32)14(40-25)5-39-22/h1-4,14,21-22,25,33,36H,5H2,(H,34,37,38). The molecule has 2 amide bonds. The summed E-state index contributed by atoms with van der Waals surface area (Å²) in [6.45, 7) is -0.558. The molecule has 0 aliphatic carbocycles. The summed E-state index contributed by atoms with van der Waals surface area (Å²) >= 11 is 0. The van der Waals surface area contributed by atoms with Crippen molar-refractivity contribution in [1.29, 1.82) is 0 Å². The zero-order valence-corrected chi connectivity index (χ0v) is 19.6. The van der Waals surface area contributed by atoms with Gasteiger partial charge in [-0.05, 0) is 12.1 Å². The number of nitrogens with zero attached hydrogens (tertiary/aromatic N) is 1. The number of aromatic nitrogens is 2. The highest BCUT2D eigenvalue weighted by atomic mass is 19.3. The Labute approximate surface area is 217 Å². The Hall–Kier alpha value is -4.14. The van der Waals surface area contributed by atoms with E-state index in [0.29, 0.717) is 0 Å². The second kappa shape index (κ2) is 7.33. The number of nitrogens with one attached hydrogen (secondary N) is 2. The third kappa shape index (κ3) is 2.68. The Balaban J connectivity index is 1.61. The number of ether oxygens (including phenoxy) is 2. The molecule has 3 aliphatic rings. The number of hydrogen-bond donors (Lipinski definition) is 3. The summed E-state index contributed by atoms with van der Waals surface area (Å²) < 4.78 is 99.0. The largest absolute Gasteiger partial charge is 0.385 e. The summed E-state index contributed by atoms with van der Waals surface area (Å²) in [7, 11) is 0. The lowest BCUT2D eigenvalue weighted by atomic mass is 9.96. The molecule has 0 spiro atoms. The molecule has 2 saturated heterocycles. The third-order valence-electron chi connectivity index (χ3n) is 7.95. The van der Waals surface area contributed by atoms with E-state index in [2.05, 4.69) is 10.3 Å². The van der Waals surface area contributed by atoms with Crippen molar-refractivity contribution in [1.82, 2.24) is 14.9 Å². The normalized spacial score (nSPS) is 25.6. The minimum Gasteiger partial charge on any atom is -0.385 e. The second-order valence-corrected chi connectivity index (χ2v) is 10.0. The highest BCUT2D eigenvalue weighted by Crippen LogP contribution is 2.50. The van der Waals surface area contributed by atoms with Crippen molar-refractivity contribution in [2.45, 2.75) is 30.5 Å². The van der Waals surface area contributed by atoms with Crippen LogP contribution in [0.25, 0.3) is 43.6 Å². The summed E-state index contributed by atoms with van der Waals surface area (Å²) in [6.07, 6.45) is -7.50. The first-order valence-electron chi connectivity index (χ1n) is 12.0. The van der Waals surface area contributed by atoms with Crippen LogP contribution in [0.2, 0.25) is 0 Å². The lowest BCUT2D eigenvalue weighted by Crippen LogP contribution is -2.55. The van der Waals surface area contributed by atoms with Gasteiger partial charge in [0.2, 0.25) is 0 Å². The van der Waals surface area contributed by atoms with Crippen LogP contribution in [0.15, 0.2) is 24.3 Å². The van der Waals surface area contributed by atoms with Gasteiger partial charge >= 0.3 is 5.92 Å². The van der Waals surface area contributed by atoms with Crippen LogP contribution in [0.1, 0.15) is 26.9 Å². The first-order valence-corrected chi connectivity index (χ1v) is 12.0. The molecule has 8 rings (SSSR count). The van der Waals surface area contributed by atoms with Crippen molar-refractivity contribution >= 4 is 55.4 Å². The van der Waals surface area contributed by atoms with Gasteiger partial charge in [-0.25, -0.2) is 26.3 Å². The molecule has 204 valence electrons. The van der Waals surface area contributed by atoms with Gasteiger partial charge in [0, 0.05) is 39.2 Å². The number of aromatic amines is 1. The van der Waals surface area contributed by atoms with Crippen molar-refractivity contribution in [2.75, 3.05) is 6.61 Å². The van der Waals surface area contributed by atoms with Crippen LogP contribution in [-0.4, -0.2) is 57.3 Å². The van der Waals surface area contributed by atoms with Gasteiger partial charge in [-0.1, -0.05) is 0 Å². The number of halogens is 6. The number of rotatable bonds is 1. The zero-order valence-electron chi connectivity index (χ0n) is 19.6. The van der Waals surface area contributed by atoms with E-state index in [1.807, 2.05) is 0 Å². The van der Waals surface area contributed by atoms with Gasteiger partial charge < -0.3 is 24.1 Å². The first kappa shape index (κ1) is 23.7. The Morgan fingerprint density at radius 3 is 2.25 bits per heavy atom. The number of imide groups is 1. The Morgan fingerprint density at radius 1 is 0.900 bits per heavy atom. The van der Waals surface area contributed by atoms with E-state index in [9.17, 15) is 41.0 Å². The molecule has 5 heterocycles. The molecule has 3 aromatic carbocycles. The fourth-order valence-corrected chi connectivity index (χ4v) is 6.29. The minimum absolute atomic E-state index is 0.00460. The minimum atomic E-state index is -3.56. The molecule has 8 nitrogen and oxygen atoms in total. The van der Waals surface area contributed by atoms with Gasteiger partial charge in [0.15, 0.2) is 35.6 Å². The average Bonchev–Trinajstić information content (AvgIpc) is 3.54. The van der Waals surface area contributed by atoms with Crippen LogP contribution in [0.3, 0.4) is 0 Å². The van der Waals surface area contributed by atoms with E-state index < -0.39 is 72.2 Å². The molecule has 3 aliphatic heterocycles. The quantitative estimate of drug-likeness (QED) is 0.211. The molecule has 0 radical (unpaired) electrons. The molecular formula is C26H13F6N3O5. The van der Waals surface area contributed by atoms with Crippen LogP contribution in [0, 0.1) is 23.3 Å². The van der Waals surface area contributed by atoms with Gasteiger partial charge in [-0.15, -0.1) is 0 Å². The van der Waals surface area contributed by atoms with Crippen LogP contribution < -0.4 is 5.32 Å². The van der Waals surface area contributed by atoms with Crippen LogP contribution in [0.4, 0.5) is 26.3 Å². The molecule has 4 atom stereocenters. The summed E-state index contributed by atoms with van der Waals surface area (Å²) in [5.74, 6) is -10.5. The zero-order chi connectivity index (χ0) is 28.0. The van der Waals surface area contributed by atoms with Gasteiger partial charge in [-0.3, -0.25) is 14.9 Å². The number of amides is 2. The number of fused-ring (bicyclic) bond motifs is 12. The number of carbonyl (C=O) groups excluding carboxylic acids is 2. The summed E-state index contributed by atoms with van der Waals surface area (Å²) in [5.41, 5.74) is -0.761. The number of carbonyl (C=O) groups is 2. The highest BCUT2D eigenvalue weighted by molar-refractivity contribution is 6.39. The lowest BCUT2D eigenvalue weighted by molar-refractivity contribution is -0.254. The predicted molar refractivity (Wildman–Crippen MR) is 125 cm³/mol. The lowest BCUT2D eigenvalue weighted by Gasteiger charge is -2.38. The number of hydrogen-bond acceptors (Lipinski definition) is 5. The number of aliphatic hydroxyl groups is 1. The number of benzene rings is 3. The monoisotopic (exact) mass is 561 g/mol. The van der Waals surface area contributed by atoms with Crippen LogP contribution in [0.5, 0.6) is 0 Å². The Bertz CT molecular complexity index is 2030. The van der Waals surface area contributed by atoms with Crippen molar-refractivity contribution in [3.05, 3.63) is 58.7 Å². The van der Waals surface area contributed by atoms with E-state index in [4.69, 9.17) is 9.47 Å². The topological polar surface area (TPSA) is 106 Å². The molecule has 40 heavy (non-hydrogen) atoms. The van der Waals surface area contributed by atoms with E-state index in [-0.39, 0.29) is 54.7 Å². The summed E-state index contributed by atoms with van der Waals surface area (Å²) in [5, 5.41) is 12.9. The van der Waals surface area contributed by atoms with Crippen LogP contribution >= 0.6 is 0 Å². The molecule has 4 unspecified atom stereocenters. The molecule has 3 N–H and O–H groups in total. The van der Waals surface area contributed by atoms with Gasteiger partial charge in [0.1, 0.15) is 12.2 Å². The van der Waals surface area contributed by atoms with Gasteiger partial charge in [0.25, 0.3) is 11.8 Å². The van der Waals surface area contributed by atoms with Crippen LogP contribution in [-0.2, 0) is 9.47 Å². The SMILES string of the molecule is O=C1NC(=O)c2c1c1c3cc(F)c(F)cc3[nH]c1c1c2c2cc(F)c(F)cc2n1C1OC2COC(C1O)C2(F)F. The molecular weight excluding hydrogens is 548 g/mol. The number of alkyl halides is 2. The molecule has 2 bridgehead atoms. The average molecular weight is 561 g/mol. The first-order chi connectivity index (χ1) is 19.0. The summed E-state index contributed by atoms with van der Waals surface area (Å²) in [4.78, 5) is 29.0. The maximum atomic E-state index is 14.7. The van der Waals surface area contributed by atoms with Gasteiger partial charge in [0.05, 0.1) is 34.3 Å². The van der Waals surface area contributed by atoms with Crippen molar-refractivity contribution in [3.8, 4) is 0 Å². The van der Waals surface area contributed by atoms with Crippen molar-refractivity contribution < 1.29 is 50.5 Å². The third-order valence-corrected chi connectivity index (χ3v) is 7.95. The maximum Gasteiger partial charge on any atom is 0.304 e. The molecule has 2 aromatic heterocycles. The predicted octanol–water partition coefficient (Wildman–Crippen LogP) is 4.16. The van der Waals surface area contributed by atoms with E-state index in [1.165, 1.54) is 0 Å². The summed E-state index contributed by atoms with van der Waals surface area (Å²) in [6, 6.07) is 3.15. The fourth-order valence-electron chi connectivity index (χ4n) is 6.29. The van der Waals surface area contributed by atoms with Crippen molar-refractivity contribution in [2.24, 2.45) is 0 Å². The van der Waals surface area contributed by atoms with E-state index in [1.54, 1.807) is 0 Å². The Morgan fingerprint density at radius 2 is 1.52 bits per heavy atom. The number of aliphatic hydroxyl groups excluding tert-OH is 1. The highest BCUT2D eigenvalue weighted by Gasteiger charge is 2.64. The van der Waals surface area contributed by atoms with E-state index in [0.717, 1.165) is 28.8 Å². The molecule has 14 heteroatoms. The molecule has 2 fully saturated rings.